The molecule has 1 aromatic carbocycles. The molecule has 0 aliphatic carbocycles. The van der Waals surface area contributed by atoms with Crippen molar-refractivity contribution in [2.75, 3.05) is 26.1 Å². The van der Waals surface area contributed by atoms with Gasteiger partial charge >= 0.3 is 0 Å². The number of nitro groups is 1. The van der Waals surface area contributed by atoms with E-state index in [1.807, 2.05) is 0 Å². The van der Waals surface area contributed by atoms with Gasteiger partial charge in [0.2, 0.25) is 0 Å². The summed E-state index contributed by atoms with van der Waals surface area (Å²) in [6.07, 6.45) is -0.376. The van der Waals surface area contributed by atoms with Crippen molar-refractivity contribution < 1.29 is 14.4 Å². The predicted octanol–water partition coefficient (Wildman–Crippen LogP) is 1.63. The molecule has 1 N–H and O–H groups in total. The first kappa shape index (κ1) is 12.4. The van der Waals surface area contributed by atoms with Crippen molar-refractivity contribution in [1.29, 1.82) is 0 Å². The maximum absolute atomic E-state index is 10.5. The third kappa shape index (κ3) is 3.48. The Labute approximate surface area is 93.3 Å². The van der Waals surface area contributed by atoms with Crippen molar-refractivity contribution in [2.45, 2.75) is 6.29 Å². The number of methoxy groups -OCH3 is 2. The summed E-state index contributed by atoms with van der Waals surface area (Å²) in [6.45, 7) is 0.425. The minimum Gasteiger partial charge on any atom is -0.380 e. The lowest BCUT2D eigenvalue weighted by molar-refractivity contribution is -0.384. The minimum absolute atomic E-state index is 0.0522. The maximum Gasteiger partial charge on any atom is 0.271 e. The summed E-state index contributed by atoms with van der Waals surface area (Å²) in [4.78, 5) is 10.1. The zero-order valence-corrected chi connectivity index (χ0v) is 9.17. The molecular formula is C10H14N2O4. The Morgan fingerprint density at radius 3 is 2.69 bits per heavy atom. The van der Waals surface area contributed by atoms with Crippen molar-refractivity contribution in [3.05, 3.63) is 34.4 Å². The fraction of sp³-hybridized carbons (Fsp3) is 0.400. The van der Waals surface area contributed by atoms with Crippen LogP contribution in [-0.4, -0.2) is 32.0 Å². The van der Waals surface area contributed by atoms with E-state index in [1.54, 1.807) is 12.1 Å². The topological polar surface area (TPSA) is 73.6 Å². The molecule has 6 nitrogen and oxygen atoms in total. The van der Waals surface area contributed by atoms with Gasteiger partial charge < -0.3 is 14.8 Å². The number of non-ortho nitro benzene ring substituents is 1. The Kier molecular flexibility index (Phi) is 4.68. The lowest BCUT2D eigenvalue weighted by Crippen LogP contribution is -2.23. The summed E-state index contributed by atoms with van der Waals surface area (Å²) in [5.41, 5.74) is 0.713. The summed E-state index contributed by atoms with van der Waals surface area (Å²) >= 11 is 0. The summed E-state index contributed by atoms with van der Waals surface area (Å²) in [5, 5.41) is 13.5. The van der Waals surface area contributed by atoms with Gasteiger partial charge in [0.05, 0.1) is 11.5 Å². The van der Waals surface area contributed by atoms with E-state index in [1.165, 1.54) is 26.4 Å². The fourth-order valence-electron chi connectivity index (χ4n) is 1.19. The Morgan fingerprint density at radius 1 is 1.44 bits per heavy atom. The van der Waals surface area contributed by atoms with E-state index in [-0.39, 0.29) is 12.0 Å². The van der Waals surface area contributed by atoms with Gasteiger partial charge in [-0.05, 0) is 6.07 Å². The van der Waals surface area contributed by atoms with Crippen LogP contribution < -0.4 is 5.32 Å². The molecule has 0 fully saturated rings. The Bertz CT molecular complexity index is 352. The Balaban J connectivity index is 2.60. The number of nitrogens with zero attached hydrogens (tertiary/aromatic N) is 1. The summed E-state index contributed by atoms with van der Waals surface area (Å²) in [5.74, 6) is 0. The third-order valence-corrected chi connectivity index (χ3v) is 2.06. The molecule has 6 heteroatoms. The van der Waals surface area contributed by atoms with Crippen molar-refractivity contribution in [3.8, 4) is 0 Å². The number of ether oxygens (including phenoxy) is 2. The third-order valence-electron chi connectivity index (χ3n) is 2.06. The molecule has 0 unspecified atom stereocenters. The van der Waals surface area contributed by atoms with Gasteiger partial charge in [0.1, 0.15) is 0 Å². The van der Waals surface area contributed by atoms with Crippen LogP contribution in [0.1, 0.15) is 0 Å². The van der Waals surface area contributed by atoms with E-state index in [9.17, 15) is 10.1 Å². The van der Waals surface area contributed by atoms with Crippen LogP contribution in [0.25, 0.3) is 0 Å². The largest absolute Gasteiger partial charge is 0.380 e. The predicted molar refractivity (Wildman–Crippen MR) is 59.4 cm³/mol. The lowest BCUT2D eigenvalue weighted by Gasteiger charge is -2.14. The number of rotatable bonds is 6. The molecule has 0 bridgehead atoms. The molecule has 0 spiro atoms. The van der Waals surface area contributed by atoms with Crippen molar-refractivity contribution in [2.24, 2.45) is 0 Å². The molecule has 0 aromatic heterocycles. The normalized spacial score (nSPS) is 10.4. The van der Waals surface area contributed by atoms with Crippen LogP contribution in [0.5, 0.6) is 0 Å². The standard InChI is InChI=1S/C10H14N2O4/c1-15-10(16-2)7-11-8-4-3-5-9(6-8)12(13)14/h3-6,10-11H,7H2,1-2H3. The molecule has 16 heavy (non-hydrogen) atoms. The highest BCUT2D eigenvalue weighted by molar-refractivity contribution is 5.50. The van der Waals surface area contributed by atoms with Crippen molar-refractivity contribution >= 4 is 11.4 Å². The summed E-state index contributed by atoms with van der Waals surface area (Å²) in [7, 11) is 3.06. The second-order valence-electron chi connectivity index (χ2n) is 3.09. The molecule has 1 aromatic rings. The summed E-state index contributed by atoms with van der Waals surface area (Å²) in [6, 6.07) is 6.27. The van der Waals surface area contributed by atoms with Crippen molar-refractivity contribution in [3.63, 3.8) is 0 Å². The van der Waals surface area contributed by atoms with Gasteiger partial charge in [-0.1, -0.05) is 6.07 Å². The van der Waals surface area contributed by atoms with Gasteiger partial charge in [-0.25, -0.2) is 0 Å². The number of hydrogen-bond acceptors (Lipinski definition) is 5. The highest BCUT2D eigenvalue weighted by Gasteiger charge is 2.07. The van der Waals surface area contributed by atoms with Gasteiger partial charge in [-0.3, -0.25) is 10.1 Å². The first-order valence-electron chi connectivity index (χ1n) is 4.71. The number of anilines is 1. The first-order valence-corrected chi connectivity index (χ1v) is 4.71. The van der Waals surface area contributed by atoms with Crippen LogP contribution in [0.15, 0.2) is 24.3 Å². The molecule has 1 rings (SSSR count). The maximum atomic E-state index is 10.5. The Morgan fingerprint density at radius 2 is 2.12 bits per heavy atom. The number of nitro benzene ring substituents is 1. The van der Waals surface area contributed by atoms with Crippen LogP contribution in [0.2, 0.25) is 0 Å². The molecule has 0 atom stereocenters. The number of benzene rings is 1. The highest BCUT2D eigenvalue weighted by Crippen LogP contribution is 2.16. The van der Waals surface area contributed by atoms with E-state index in [4.69, 9.17) is 9.47 Å². The monoisotopic (exact) mass is 226 g/mol. The molecule has 0 aliphatic rings. The molecule has 0 heterocycles. The van der Waals surface area contributed by atoms with Crippen LogP contribution >= 0.6 is 0 Å². The average molecular weight is 226 g/mol. The highest BCUT2D eigenvalue weighted by atomic mass is 16.7. The number of nitrogens with one attached hydrogen (secondary N) is 1. The fourth-order valence-corrected chi connectivity index (χ4v) is 1.19. The van der Waals surface area contributed by atoms with Gasteiger partial charge in [-0.2, -0.15) is 0 Å². The second kappa shape index (κ2) is 6.04. The quantitative estimate of drug-likeness (QED) is 0.453. The number of hydrogen-bond donors (Lipinski definition) is 1. The van der Waals surface area contributed by atoms with E-state index in [0.29, 0.717) is 12.2 Å². The van der Waals surface area contributed by atoms with Gasteiger partial charge in [0, 0.05) is 32.0 Å². The smallest absolute Gasteiger partial charge is 0.271 e. The van der Waals surface area contributed by atoms with E-state index < -0.39 is 4.92 Å². The van der Waals surface area contributed by atoms with Crippen LogP contribution in [0.4, 0.5) is 11.4 Å². The zero-order chi connectivity index (χ0) is 12.0. The van der Waals surface area contributed by atoms with E-state index >= 15 is 0 Å². The zero-order valence-electron chi connectivity index (χ0n) is 9.17. The van der Waals surface area contributed by atoms with Crippen LogP contribution in [-0.2, 0) is 9.47 Å². The average Bonchev–Trinajstić information content (AvgIpc) is 2.31. The second-order valence-corrected chi connectivity index (χ2v) is 3.09. The van der Waals surface area contributed by atoms with Crippen molar-refractivity contribution in [1.82, 2.24) is 0 Å². The molecule has 0 saturated carbocycles. The first-order chi connectivity index (χ1) is 7.67. The molecule has 0 aliphatic heterocycles. The molecule has 0 amide bonds. The lowest BCUT2D eigenvalue weighted by atomic mass is 10.3. The SMILES string of the molecule is COC(CNc1cccc([N+](=O)[O-])c1)OC. The van der Waals surface area contributed by atoms with E-state index in [0.717, 1.165) is 0 Å². The van der Waals surface area contributed by atoms with Gasteiger partial charge in [0.25, 0.3) is 5.69 Å². The molecular weight excluding hydrogens is 212 g/mol. The molecule has 88 valence electrons. The minimum atomic E-state index is -0.435. The van der Waals surface area contributed by atoms with Gasteiger partial charge in [0.15, 0.2) is 6.29 Å². The van der Waals surface area contributed by atoms with Crippen LogP contribution in [0.3, 0.4) is 0 Å². The van der Waals surface area contributed by atoms with Gasteiger partial charge in [-0.15, -0.1) is 0 Å². The Hall–Kier alpha value is -1.66. The molecule has 0 saturated heterocycles. The molecule has 0 radical (unpaired) electrons. The van der Waals surface area contributed by atoms with E-state index in [2.05, 4.69) is 5.32 Å². The summed E-state index contributed by atoms with van der Waals surface area (Å²) < 4.78 is 9.96. The van der Waals surface area contributed by atoms with Crippen LogP contribution in [0, 0.1) is 10.1 Å².